The second kappa shape index (κ2) is 9.88. The first-order valence-electron chi connectivity index (χ1n) is 10.8. The number of hydrogen-bond acceptors (Lipinski definition) is 7. The van der Waals surface area contributed by atoms with Gasteiger partial charge in [0, 0.05) is 23.0 Å². The molecule has 14 heteroatoms. The highest BCUT2D eigenvalue weighted by Crippen LogP contribution is 2.38. The zero-order valence-electron chi connectivity index (χ0n) is 20.2. The molecule has 0 spiro atoms. The van der Waals surface area contributed by atoms with E-state index in [1.54, 1.807) is 26.8 Å². The topological polar surface area (TPSA) is 83.7 Å². The summed E-state index contributed by atoms with van der Waals surface area (Å²) in [6.45, 7) is 5.31. The molecule has 8 nitrogen and oxygen atoms in total. The smallest absolute Gasteiger partial charge is 0.443 e. The summed E-state index contributed by atoms with van der Waals surface area (Å²) in [5, 5.41) is 15.7. The summed E-state index contributed by atoms with van der Waals surface area (Å²) in [6.07, 6.45) is -2.33. The summed E-state index contributed by atoms with van der Waals surface area (Å²) in [5.41, 5.74) is 0.260. The number of carbonyl (C=O) groups excluding carboxylic acids is 1. The Morgan fingerprint density at radius 3 is 2.47 bits per heavy atom. The van der Waals surface area contributed by atoms with Crippen LogP contribution in [0.15, 0.2) is 35.1 Å². The molecule has 0 fully saturated rings. The molecule has 1 aliphatic heterocycles. The van der Waals surface area contributed by atoms with Gasteiger partial charge in [-0.25, -0.2) is 9.86 Å². The quantitative estimate of drug-likeness (QED) is 0.489. The zero-order valence-corrected chi connectivity index (χ0v) is 21.0. The third kappa shape index (κ3) is 5.91. The van der Waals surface area contributed by atoms with Crippen molar-refractivity contribution >= 4 is 34.5 Å². The first-order valence-corrected chi connectivity index (χ1v) is 11.8. The van der Waals surface area contributed by atoms with Crippen molar-refractivity contribution in [1.29, 1.82) is 0 Å². The SMILES string of the molecule is CCSC1=C(c2cc3cnn(CC(F)(F)C(F)(F)F)c3cn2)N(O)CC(N(C)C(=O)OC(C)(C)C)=C1. The Hall–Kier alpha value is -2.87. The van der Waals surface area contributed by atoms with Gasteiger partial charge in [-0.3, -0.25) is 19.8 Å². The molecule has 2 aromatic heterocycles. The van der Waals surface area contributed by atoms with Crippen LogP contribution in [0.1, 0.15) is 33.4 Å². The van der Waals surface area contributed by atoms with E-state index in [9.17, 15) is 32.0 Å². The number of carbonyl (C=O) groups is 1. The number of likely N-dealkylation sites (N-methyl/N-ethyl adjacent to an activating group) is 1. The van der Waals surface area contributed by atoms with Crippen LogP contribution in [0.4, 0.5) is 26.7 Å². The lowest BCUT2D eigenvalue weighted by atomic mass is 10.1. The average molecular weight is 536 g/mol. The van der Waals surface area contributed by atoms with Gasteiger partial charge in [-0.2, -0.15) is 27.1 Å². The highest BCUT2D eigenvalue weighted by atomic mass is 32.2. The number of fused-ring (bicyclic) bond motifs is 1. The summed E-state index contributed by atoms with van der Waals surface area (Å²) in [5.74, 6) is -4.36. The van der Waals surface area contributed by atoms with Crippen LogP contribution in [0.3, 0.4) is 0 Å². The first kappa shape index (κ1) is 27.7. The normalized spacial score (nSPS) is 15.4. The number of thioether (sulfide) groups is 1. The van der Waals surface area contributed by atoms with Crippen LogP contribution in [-0.2, 0) is 11.3 Å². The molecule has 3 heterocycles. The van der Waals surface area contributed by atoms with Gasteiger partial charge in [0.25, 0.3) is 0 Å². The number of amides is 1. The predicted octanol–water partition coefficient (Wildman–Crippen LogP) is 5.51. The average Bonchev–Trinajstić information content (AvgIpc) is 3.12. The lowest BCUT2D eigenvalue weighted by Gasteiger charge is -2.32. The van der Waals surface area contributed by atoms with Crippen LogP contribution < -0.4 is 0 Å². The summed E-state index contributed by atoms with van der Waals surface area (Å²) in [7, 11) is 1.52. The third-order valence-corrected chi connectivity index (χ3v) is 5.94. The summed E-state index contributed by atoms with van der Waals surface area (Å²) < 4.78 is 70.9. The van der Waals surface area contributed by atoms with E-state index in [-0.39, 0.29) is 23.1 Å². The van der Waals surface area contributed by atoms with Crippen molar-refractivity contribution in [1.82, 2.24) is 24.7 Å². The molecule has 198 valence electrons. The number of allylic oxidation sites excluding steroid dienone is 1. The number of nitrogens with zero attached hydrogens (tertiary/aromatic N) is 5. The van der Waals surface area contributed by atoms with Gasteiger partial charge >= 0.3 is 18.2 Å². The molecule has 0 aromatic carbocycles. The van der Waals surface area contributed by atoms with Gasteiger partial charge in [-0.15, -0.1) is 11.8 Å². The molecule has 0 bridgehead atoms. The van der Waals surface area contributed by atoms with Gasteiger partial charge in [0.1, 0.15) is 17.8 Å². The van der Waals surface area contributed by atoms with E-state index in [4.69, 9.17) is 4.74 Å². The summed E-state index contributed by atoms with van der Waals surface area (Å²) in [6, 6.07) is 1.44. The van der Waals surface area contributed by atoms with E-state index < -0.39 is 30.3 Å². The largest absolute Gasteiger partial charge is 0.455 e. The minimum Gasteiger partial charge on any atom is -0.443 e. The van der Waals surface area contributed by atoms with Gasteiger partial charge in [-0.05, 0) is 38.7 Å². The van der Waals surface area contributed by atoms with Crippen molar-refractivity contribution in [3.63, 3.8) is 0 Å². The minimum atomic E-state index is -5.72. The molecule has 1 aliphatic rings. The van der Waals surface area contributed by atoms with E-state index >= 15 is 0 Å². The van der Waals surface area contributed by atoms with Crippen LogP contribution in [0, 0.1) is 0 Å². The van der Waals surface area contributed by atoms with Crippen LogP contribution in [-0.4, -0.2) is 73.1 Å². The first-order chi connectivity index (χ1) is 16.5. The fraction of sp³-hybridized carbons (Fsp3) is 0.500. The van der Waals surface area contributed by atoms with Crippen molar-refractivity contribution in [2.75, 3.05) is 19.3 Å². The monoisotopic (exact) mass is 535 g/mol. The molecule has 0 radical (unpaired) electrons. The molecule has 0 unspecified atom stereocenters. The number of hydroxylamine groups is 2. The Balaban J connectivity index is 1.98. The van der Waals surface area contributed by atoms with Gasteiger partial charge in [0.15, 0.2) is 0 Å². The molecule has 36 heavy (non-hydrogen) atoms. The third-order valence-electron chi connectivity index (χ3n) is 5.03. The maximum absolute atomic E-state index is 13.5. The lowest BCUT2D eigenvalue weighted by molar-refractivity contribution is -0.287. The number of hydrogen-bond donors (Lipinski definition) is 1. The van der Waals surface area contributed by atoms with E-state index in [2.05, 4.69) is 10.1 Å². The minimum absolute atomic E-state index is 0.0193. The molecule has 1 amide bonds. The highest BCUT2D eigenvalue weighted by Gasteiger charge is 2.57. The molecular weight excluding hydrogens is 509 g/mol. The maximum atomic E-state index is 13.5. The van der Waals surface area contributed by atoms with E-state index in [0.29, 0.717) is 26.7 Å². The Morgan fingerprint density at radius 1 is 1.22 bits per heavy atom. The molecule has 3 rings (SSSR count). The maximum Gasteiger partial charge on any atom is 0.455 e. The van der Waals surface area contributed by atoms with Gasteiger partial charge in [0.05, 0.1) is 30.1 Å². The Kier molecular flexibility index (Phi) is 7.61. The second-order valence-electron chi connectivity index (χ2n) is 9.01. The zero-order chi connectivity index (χ0) is 27.1. The van der Waals surface area contributed by atoms with E-state index in [1.807, 2.05) is 6.92 Å². The Morgan fingerprint density at radius 2 is 1.89 bits per heavy atom. The molecule has 1 N–H and O–H groups in total. The van der Waals surface area contributed by atoms with Crippen molar-refractivity contribution in [2.24, 2.45) is 0 Å². The number of rotatable bonds is 6. The molecular formula is C22H26F5N5O3S. The fourth-order valence-corrected chi connectivity index (χ4v) is 4.19. The van der Waals surface area contributed by atoms with Crippen molar-refractivity contribution < 1.29 is 36.7 Å². The molecule has 0 saturated carbocycles. The van der Waals surface area contributed by atoms with Crippen LogP contribution in [0.5, 0.6) is 0 Å². The number of halogens is 5. The van der Waals surface area contributed by atoms with E-state index in [1.165, 1.54) is 29.8 Å². The van der Waals surface area contributed by atoms with E-state index in [0.717, 1.165) is 17.5 Å². The number of pyridine rings is 1. The van der Waals surface area contributed by atoms with Crippen LogP contribution in [0.25, 0.3) is 16.6 Å². The second-order valence-corrected chi connectivity index (χ2v) is 10.3. The fourth-order valence-electron chi connectivity index (χ4n) is 3.31. The molecule has 0 atom stereocenters. The van der Waals surface area contributed by atoms with Gasteiger partial charge in [-0.1, -0.05) is 6.92 Å². The van der Waals surface area contributed by atoms with Gasteiger partial charge < -0.3 is 4.74 Å². The molecule has 0 aliphatic carbocycles. The number of aromatic nitrogens is 3. The molecule has 0 saturated heterocycles. The predicted molar refractivity (Wildman–Crippen MR) is 124 cm³/mol. The van der Waals surface area contributed by atoms with Crippen LogP contribution >= 0.6 is 11.8 Å². The standard InChI is InChI=1S/C22H26F5N5O3S/c1-6-36-17-8-14(30(5)19(33)35-20(2,3)4)11-32(34)18(17)15-7-13-9-29-31(16(13)10-28-15)12-21(23,24)22(25,26)27/h7-10,34H,6,11-12H2,1-5H3. The lowest BCUT2D eigenvalue weighted by Crippen LogP contribution is -2.40. The molecule has 2 aromatic rings. The summed E-state index contributed by atoms with van der Waals surface area (Å²) >= 11 is 1.36. The van der Waals surface area contributed by atoms with Crippen molar-refractivity contribution in [2.45, 2.75) is 51.9 Å². The van der Waals surface area contributed by atoms with Gasteiger partial charge in [0.2, 0.25) is 0 Å². The number of ether oxygens (including phenoxy) is 1. The summed E-state index contributed by atoms with van der Waals surface area (Å²) in [4.78, 5) is 18.5. The van der Waals surface area contributed by atoms with Crippen molar-refractivity contribution in [3.05, 3.63) is 40.8 Å². The number of alkyl halides is 5. The Labute approximate surface area is 208 Å². The van der Waals surface area contributed by atoms with Crippen LogP contribution in [0.2, 0.25) is 0 Å². The highest BCUT2D eigenvalue weighted by molar-refractivity contribution is 8.03. The Bertz CT molecular complexity index is 1200. The van der Waals surface area contributed by atoms with Crippen molar-refractivity contribution in [3.8, 4) is 0 Å².